The molecule has 4 rings (SSSR count). The number of hydrogen-bond donors (Lipinski definition) is 1. The number of hydrogen-bond acceptors (Lipinski definition) is 4. The van der Waals surface area contributed by atoms with Gasteiger partial charge in [-0.2, -0.15) is 0 Å². The Bertz CT molecular complexity index is 1040. The number of anilines is 2. The number of nitrogens with one attached hydrogen (secondary N) is 1. The third-order valence-electron chi connectivity index (χ3n) is 6.13. The summed E-state index contributed by atoms with van der Waals surface area (Å²) in [6, 6.07) is 24.1. The lowest BCUT2D eigenvalue weighted by Gasteiger charge is -2.39. The van der Waals surface area contributed by atoms with Crippen LogP contribution in [0.1, 0.15) is 22.7 Å². The van der Waals surface area contributed by atoms with E-state index in [1.165, 1.54) is 5.69 Å². The molecule has 1 unspecified atom stereocenters. The monoisotopic (exact) mass is 429 g/mol. The Balaban J connectivity index is 1.51. The third-order valence-corrected chi connectivity index (χ3v) is 6.13. The predicted molar refractivity (Wildman–Crippen MR) is 131 cm³/mol. The normalized spacial score (nSPS) is 15.3. The van der Waals surface area contributed by atoms with Crippen molar-refractivity contribution in [2.24, 2.45) is 0 Å². The van der Waals surface area contributed by atoms with Gasteiger partial charge in [0, 0.05) is 37.6 Å². The molecule has 5 heteroatoms. The number of piperazine rings is 1. The van der Waals surface area contributed by atoms with E-state index in [2.05, 4.69) is 39.4 Å². The molecule has 1 saturated heterocycles. The molecule has 1 atom stereocenters. The summed E-state index contributed by atoms with van der Waals surface area (Å²) in [4.78, 5) is 18.2. The minimum absolute atomic E-state index is 0.0165. The Labute approximate surface area is 190 Å². The van der Waals surface area contributed by atoms with Gasteiger partial charge < -0.3 is 15.0 Å². The van der Waals surface area contributed by atoms with Gasteiger partial charge in [-0.25, -0.2) is 0 Å². The van der Waals surface area contributed by atoms with Gasteiger partial charge in [-0.1, -0.05) is 42.5 Å². The zero-order valence-electron chi connectivity index (χ0n) is 19.0. The number of carbonyl (C=O) groups excluding carboxylic acids is 1. The minimum Gasteiger partial charge on any atom is -0.497 e. The lowest BCUT2D eigenvalue weighted by molar-refractivity contribution is -0.121. The quantitative estimate of drug-likeness (QED) is 0.611. The lowest BCUT2D eigenvalue weighted by Crippen LogP contribution is -2.50. The Morgan fingerprint density at radius 3 is 2.25 bits per heavy atom. The van der Waals surface area contributed by atoms with Crippen LogP contribution in [-0.4, -0.2) is 44.1 Å². The van der Waals surface area contributed by atoms with E-state index in [1.54, 1.807) is 7.11 Å². The van der Waals surface area contributed by atoms with Crippen LogP contribution >= 0.6 is 0 Å². The molecule has 5 nitrogen and oxygen atoms in total. The van der Waals surface area contributed by atoms with Crippen LogP contribution in [0.15, 0.2) is 72.8 Å². The van der Waals surface area contributed by atoms with Gasteiger partial charge in [0.05, 0.1) is 7.11 Å². The number of methoxy groups -OCH3 is 1. The molecule has 1 fully saturated rings. The smallest absolute Gasteiger partial charge is 0.246 e. The van der Waals surface area contributed by atoms with Crippen LogP contribution in [0, 0.1) is 13.8 Å². The predicted octanol–water partition coefficient (Wildman–Crippen LogP) is 4.81. The van der Waals surface area contributed by atoms with E-state index in [9.17, 15) is 4.79 Å². The van der Waals surface area contributed by atoms with Gasteiger partial charge in [-0.3, -0.25) is 9.69 Å². The molecule has 1 heterocycles. The fourth-order valence-electron chi connectivity index (χ4n) is 4.27. The van der Waals surface area contributed by atoms with E-state index in [-0.39, 0.29) is 11.9 Å². The SMILES string of the molecule is COc1ccc(N2CCN(C(C(=O)Nc3cc(C)ccc3C)c3ccccc3)CC2)cc1. The van der Waals surface area contributed by atoms with Crippen molar-refractivity contribution < 1.29 is 9.53 Å². The maximum Gasteiger partial charge on any atom is 0.246 e. The van der Waals surface area contributed by atoms with E-state index in [4.69, 9.17) is 4.74 Å². The van der Waals surface area contributed by atoms with Crippen LogP contribution in [0.3, 0.4) is 0 Å². The van der Waals surface area contributed by atoms with Crippen LogP contribution in [0.25, 0.3) is 0 Å². The molecule has 0 aromatic heterocycles. The first-order chi connectivity index (χ1) is 15.5. The second-order valence-corrected chi connectivity index (χ2v) is 8.34. The zero-order chi connectivity index (χ0) is 22.5. The molecular weight excluding hydrogens is 398 g/mol. The van der Waals surface area contributed by atoms with Gasteiger partial charge in [0.1, 0.15) is 11.8 Å². The van der Waals surface area contributed by atoms with Crippen molar-refractivity contribution in [3.63, 3.8) is 0 Å². The topological polar surface area (TPSA) is 44.8 Å². The Kier molecular flexibility index (Phi) is 6.76. The van der Waals surface area contributed by atoms with Crippen molar-refractivity contribution in [1.29, 1.82) is 0 Å². The van der Waals surface area contributed by atoms with Crippen molar-refractivity contribution in [2.45, 2.75) is 19.9 Å². The van der Waals surface area contributed by atoms with E-state index >= 15 is 0 Å². The number of benzene rings is 3. The fraction of sp³-hybridized carbons (Fsp3) is 0.296. The van der Waals surface area contributed by atoms with Gasteiger partial charge in [0.25, 0.3) is 0 Å². The highest BCUT2D eigenvalue weighted by Gasteiger charge is 2.30. The third kappa shape index (κ3) is 4.94. The first-order valence-corrected chi connectivity index (χ1v) is 11.1. The fourth-order valence-corrected chi connectivity index (χ4v) is 4.27. The van der Waals surface area contributed by atoms with Gasteiger partial charge in [-0.15, -0.1) is 0 Å². The van der Waals surface area contributed by atoms with Crippen molar-refractivity contribution in [3.8, 4) is 5.75 Å². The molecule has 0 aliphatic carbocycles. The molecule has 166 valence electrons. The molecule has 1 N–H and O–H groups in total. The maximum atomic E-state index is 13.5. The first-order valence-electron chi connectivity index (χ1n) is 11.1. The summed E-state index contributed by atoms with van der Waals surface area (Å²) >= 11 is 0. The van der Waals surface area contributed by atoms with Crippen LogP contribution < -0.4 is 15.0 Å². The molecule has 3 aromatic rings. The van der Waals surface area contributed by atoms with E-state index < -0.39 is 0 Å². The van der Waals surface area contributed by atoms with Gasteiger partial charge >= 0.3 is 0 Å². The zero-order valence-corrected chi connectivity index (χ0v) is 19.0. The van der Waals surface area contributed by atoms with Crippen LogP contribution in [0.4, 0.5) is 11.4 Å². The van der Waals surface area contributed by atoms with Gasteiger partial charge in [-0.05, 0) is 60.9 Å². The van der Waals surface area contributed by atoms with E-state index in [0.717, 1.165) is 54.3 Å². The number of ether oxygens (including phenoxy) is 1. The summed E-state index contributed by atoms with van der Waals surface area (Å²) in [6.45, 7) is 7.43. The average molecular weight is 430 g/mol. The standard InChI is InChI=1S/C27H31N3O2/c1-20-9-10-21(2)25(19-20)28-27(31)26(22-7-5-4-6-8-22)30-17-15-29(16-18-30)23-11-13-24(32-3)14-12-23/h4-14,19,26H,15-18H2,1-3H3,(H,28,31). The van der Waals surface area contributed by atoms with Crippen molar-refractivity contribution in [3.05, 3.63) is 89.5 Å². The molecule has 0 spiro atoms. The van der Waals surface area contributed by atoms with Gasteiger partial charge in [0.2, 0.25) is 5.91 Å². The highest BCUT2D eigenvalue weighted by Crippen LogP contribution is 2.27. The molecule has 1 aliphatic heterocycles. The van der Waals surface area contributed by atoms with E-state index in [1.807, 2.05) is 62.4 Å². The molecular formula is C27H31N3O2. The Hall–Kier alpha value is -3.31. The maximum absolute atomic E-state index is 13.5. The Morgan fingerprint density at radius 2 is 1.59 bits per heavy atom. The molecule has 1 aliphatic rings. The van der Waals surface area contributed by atoms with Gasteiger partial charge in [0.15, 0.2) is 0 Å². The van der Waals surface area contributed by atoms with Crippen molar-refractivity contribution >= 4 is 17.3 Å². The lowest BCUT2D eigenvalue weighted by atomic mass is 10.0. The summed E-state index contributed by atoms with van der Waals surface area (Å²) in [5.74, 6) is 0.877. The van der Waals surface area contributed by atoms with Crippen molar-refractivity contribution in [1.82, 2.24) is 4.90 Å². The highest BCUT2D eigenvalue weighted by molar-refractivity contribution is 5.96. The molecule has 1 amide bonds. The summed E-state index contributed by atoms with van der Waals surface area (Å²) in [7, 11) is 1.68. The number of carbonyl (C=O) groups is 1. The van der Waals surface area contributed by atoms with Crippen LogP contribution in [-0.2, 0) is 4.79 Å². The second kappa shape index (κ2) is 9.88. The number of rotatable bonds is 6. The highest BCUT2D eigenvalue weighted by atomic mass is 16.5. The molecule has 0 saturated carbocycles. The van der Waals surface area contributed by atoms with Crippen LogP contribution in [0.2, 0.25) is 0 Å². The summed E-state index contributed by atoms with van der Waals surface area (Å²) < 4.78 is 5.27. The number of aryl methyl sites for hydroxylation is 2. The second-order valence-electron chi connectivity index (χ2n) is 8.34. The minimum atomic E-state index is -0.325. The van der Waals surface area contributed by atoms with Crippen LogP contribution in [0.5, 0.6) is 5.75 Å². The Morgan fingerprint density at radius 1 is 0.906 bits per heavy atom. The summed E-state index contributed by atoms with van der Waals surface area (Å²) in [5.41, 5.74) is 5.29. The molecule has 0 radical (unpaired) electrons. The first kappa shape index (κ1) is 21.9. The molecule has 3 aromatic carbocycles. The molecule has 32 heavy (non-hydrogen) atoms. The van der Waals surface area contributed by atoms with Crippen molar-refractivity contribution in [2.75, 3.05) is 43.5 Å². The largest absolute Gasteiger partial charge is 0.497 e. The summed E-state index contributed by atoms with van der Waals surface area (Å²) in [5, 5.41) is 3.19. The number of nitrogens with zero attached hydrogens (tertiary/aromatic N) is 2. The number of amides is 1. The average Bonchev–Trinajstić information content (AvgIpc) is 2.83. The van der Waals surface area contributed by atoms with E-state index in [0.29, 0.717) is 0 Å². The summed E-state index contributed by atoms with van der Waals surface area (Å²) in [6.07, 6.45) is 0. The molecule has 0 bridgehead atoms.